The van der Waals surface area contributed by atoms with E-state index < -0.39 is 22.3 Å². The maximum absolute atomic E-state index is 13.1. The van der Waals surface area contributed by atoms with Crippen LogP contribution in [0.15, 0.2) is 51.2 Å². The molecular formula is C20H16N4O6+2. The Balaban J connectivity index is 1.91. The molecule has 0 spiro atoms. The van der Waals surface area contributed by atoms with E-state index in [4.69, 9.17) is 4.42 Å². The first-order valence-electron chi connectivity index (χ1n) is 9.04. The molecule has 0 bridgehead atoms. The summed E-state index contributed by atoms with van der Waals surface area (Å²) in [5.41, 5.74) is 1.88. The molecular weight excluding hydrogens is 392 g/mol. The van der Waals surface area contributed by atoms with Gasteiger partial charge in [-0.3, -0.25) is 10.1 Å². The van der Waals surface area contributed by atoms with Crippen LogP contribution in [0.25, 0.3) is 5.76 Å². The highest BCUT2D eigenvalue weighted by atomic mass is 16.6. The summed E-state index contributed by atoms with van der Waals surface area (Å²) in [6, 6.07) is 9.50. The van der Waals surface area contributed by atoms with E-state index >= 15 is 0 Å². The van der Waals surface area contributed by atoms with Crippen LogP contribution in [0.3, 0.4) is 0 Å². The molecule has 150 valence electrons. The van der Waals surface area contributed by atoms with Gasteiger partial charge in [0.1, 0.15) is 30.5 Å². The van der Waals surface area contributed by atoms with Crippen LogP contribution in [0, 0.1) is 10.1 Å². The second-order valence-electron chi connectivity index (χ2n) is 7.16. The van der Waals surface area contributed by atoms with E-state index in [1.54, 1.807) is 19.2 Å². The number of aliphatic hydroxyl groups is 1. The maximum atomic E-state index is 13.1. The number of nitrogens with one attached hydrogen (secondary N) is 1. The van der Waals surface area contributed by atoms with Crippen LogP contribution in [0.1, 0.15) is 28.4 Å². The molecule has 10 nitrogen and oxygen atoms in total. The zero-order valence-corrected chi connectivity index (χ0v) is 15.9. The number of aromatic hydroxyl groups is 1. The number of furan rings is 1. The molecule has 30 heavy (non-hydrogen) atoms. The van der Waals surface area contributed by atoms with Crippen molar-refractivity contribution < 1.29 is 29.1 Å². The monoisotopic (exact) mass is 408 g/mol. The lowest BCUT2D eigenvalue weighted by Gasteiger charge is -2.19. The zero-order chi connectivity index (χ0) is 21.3. The smallest absolute Gasteiger partial charge is 0.507 e. The highest BCUT2D eigenvalue weighted by molar-refractivity contribution is 6.21. The Morgan fingerprint density at radius 3 is 2.57 bits per heavy atom. The maximum Gasteiger partial charge on any atom is 0.519 e. The van der Waals surface area contributed by atoms with Gasteiger partial charge >= 0.3 is 23.3 Å². The summed E-state index contributed by atoms with van der Waals surface area (Å²) in [5, 5.41) is 32.5. The highest BCUT2D eigenvalue weighted by Gasteiger charge is 2.49. The number of aromatic nitrogens is 2. The summed E-state index contributed by atoms with van der Waals surface area (Å²) in [4.78, 5) is 26.8. The van der Waals surface area contributed by atoms with Gasteiger partial charge in [0, 0.05) is 11.1 Å². The average Bonchev–Trinajstić information content (AvgIpc) is 3.34. The van der Waals surface area contributed by atoms with Gasteiger partial charge in [0.05, 0.1) is 17.6 Å². The third kappa shape index (κ3) is 2.15. The van der Waals surface area contributed by atoms with E-state index in [1.807, 2.05) is 12.1 Å². The Morgan fingerprint density at radius 2 is 1.90 bits per heavy atom. The fourth-order valence-corrected chi connectivity index (χ4v) is 4.16. The van der Waals surface area contributed by atoms with Gasteiger partial charge in [0.2, 0.25) is 0 Å². The number of allylic oxidation sites excluding steroid dienone is 1. The van der Waals surface area contributed by atoms with E-state index in [-0.39, 0.29) is 23.1 Å². The Kier molecular flexibility index (Phi) is 3.51. The molecule has 1 aromatic carbocycles. The summed E-state index contributed by atoms with van der Waals surface area (Å²) in [7, 11) is 2.99. The van der Waals surface area contributed by atoms with E-state index in [1.165, 1.54) is 23.7 Å². The molecule has 3 N–H and O–H groups in total. The minimum absolute atomic E-state index is 0.0411. The van der Waals surface area contributed by atoms with E-state index in [2.05, 4.69) is 4.99 Å². The second-order valence-corrected chi connectivity index (χ2v) is 7.16. The third-order valence-corrected chi connectivity index (χ3v) is 5.60. The predicted molar refractivity (Wildman–Crippen MR) is 102 cm³/mol. The number of fused-ring (bicyclic) bond motifs is 4. The van der Waals surface area contributed by atoms with Crippen molar-refractivity contribution in [1.29, 1.82) is 0 Å². The predicted octanol–water partition coefficient (Wildman–Crippen LogP) is 0.0462. The molecule has 10 heteroatoms. The summed E-state index contributed by atoms with van der Waals surface area (Å²) in [6.45, 7) is 0. The summed E-state index contributed by atoms with van der Waals surface area (Å²) in [6.07, 6.45) is 0. The second kappa shape index (κ2) is 5.89. The van der Waals surface area contributed by atoms with Gasteiger partial charge in [-0.05, 0) is 12.1 Å². The van der Waals surface area contributed by atoms with Crippen LogP contribution in [-0.2, 0) is 14.1 Å². The number of benzene rings is 1. The molecule has 0 saturated heterocycles. The molecule has 0 radical (unpaired) electrons. The first-order valence-corrected chi connectivity index (χ1v) is 9.04. The molecule has 2 aromatic heterocycles. The number of nitro groups is 1. The fraction of sp³-hybridized carbons (Fsp3) is 0.150. The van der Waals surface area contributed by atoms with Crippen LogP contribution < -0.4 is 15.1 Å². The van der Waals surface area contributed by atoms with Crippen molar-refractivity contribution in [2.75, 3.05) is 0 Å². The standard InChI is InChI=1S/C20H14N4O6/c1-22-18-15(19(26)23(2)20(22)27)13(11-7-8-12(30-11)24(28)29)14-16(21-18)9-5-3-4-6-10(9)17(14)25/h3-8,13H,1-2H3,(H,21,25,26)/p+2. The Labute approximate surface area is 168 Å². The number of hydrogen-bond acceptors (Lipinski definition) is 6. The lowest BCUT2D eigenvalue weighted by atomic mass is 9.85. The first kappa shape index (κ1) is 17.9. The van der Waals surface area contributed by atoms with Crippen LogP contribution >= 0.6 is 0 Å². The van der Waals surface area contributed by atoms with Gasteiger partial charge in [-0.15, -0.1) is 9.13 Å². The average molecular weight is 408 g/mol. The lowest BCUT2D eigenvalue weighted by molar-refractivity contribution is -0.723. The minimum Gasteiger partial charge on any atom is -0.507 e. The van der Waals surface area contributed by atoms with Crippen molar-refractivity contribution >= 4 is 23.2 Å². The van der Waals surface area contributed by atoms with E-state index in [0.29, 0.717) is 28.2 Å². The molecule has 0 fully saturated rings. The highest BCUT2D eigenvalue weighted by Crippen LogP contribution is 2.44. The van der Waals surface area contributed by atoms with Gasteiger partial charge < -0.3 is 14.6 Å². The number of rotatable bonds is 2. The molecule has 3 aromatic rings. The largest absolute Gasteiger partial charge is 0.519 e. The summed E-state index contributed by atoms with van der Waals surface area (Å²) in [5.74, 6) is -0.979. The quantitative estimate of drug-likeness (QED) is 0.311. The lowest BCUT2D eigenvalue weighted by Crippen LogP contribution is -2.75. The summed E-state index contributed by atoms with van der Waals surface area (Å²) >= 11 is 0. The van der Waals surface area contributed by atoms with Gasteiger partial charge in [-0.2, -0.15) is 0 Å². The van der Waals surface area contributed by atoms with Gasteiger partial charge in [0.15, 0.2) is 11.3 Å². The SMILES string of the molecule is Cn1c(O)[n+](C)c2c(c1=O)C(c1ccc([N+](=O)[O-])o1)C1=C(O)c3ccccc3C1=[NH+]2. The van der Waals surface area contributed by atoms with Crippen LogP contribution in [0.5, 0.6) is 6.01 Å². The van der Waals surface area contributed by atoms with Gasteiger partial charge in [-0.25, -0.2) is 9.79 Å². The molecule has 3 heterocycles. The third-order valence-electron chi connectivity index (χ3n) is 5.60. The Bertz CT molecular complexity index is 1390. The molecule has 1 aliphatic heterocycles. The molecule has 0 amide bonds. The zero-order valence-electron chi connectivity index (χ0n) is 15.9. The van der Waals surface area contributed by atoms with Crippen molar-refractivity contribution in [3.8, 4) is 6.01 Å². The van der Waals surface area contributed by atoms with Crippen LogP contribution in [0.2, 0.25) is 0 Å². The molecule has 1 aliphatic carbocycles. The number of nitrogens with zero attached hydrogens (tertiary/aromatic N) is 3. The molecule has 1 atom stereocenters. The Hall–Kier alpha value is -4.21. The normalized spacial score (nSPS) is 16.7. The molecule has 0 saturated carbocycles. The number of hydrogen-bond donors (Lipinski definition) is 3. The molecule has 5 rings (SSSR count). The van der Waals surface area contributed by atoms with Crippen LogP contribution in [-0.4, -0.2) is 25.4 Å². The fourth-order valence-electron chi connectivity index (χ4n) is 4.16. The Morgan fingerprint density at radius 1 is 1.20 bits per heavy atom. The van der Waals surface area contributed by atoms with Crippen molar-refractivity contribution in [1.82, 2.24) is 4.57 Å². The summed E-state index contributed by atoms with van der Waals surface area (Å²) < 4.78 is 7.93. The van der Waals surface area contributed by atoms with Crippen LogP contribution in [0.4, 0.5) is 11.7 Å². The van der Waals surface area contributed by atoms with E-state index in [0.717, 1.165) is 4.57 Å². The molecule has 1 unspecified atom stereocenters. The van der Waals surface area contributed by atoms with Crippen molar-refractivity contribution in [2.24, 2.45) is 14.1 Å². The minimum atomic E-state index is -0.914. The van der Waals surface area contributed by atoms with Crippen molar-refractivity contribution in [3.05, 3.63) is 84.9 Å². The van der Waals surface area contributed by atoms with E-state index in [9.17, 15) is 25.1 Å². The first-order chi connectivity index (χ1) is 14.3. The van der Waals surface area contributed by atoms with Crippen molar-refractivity contribution in [2.45, 2.75) is 5.92 Å². The van der Waals surface area contributed by atoms with Gasteiger partial charge in [0.25, 0.3) is 0 Å². The number of aliphatic hydroxyl groups excluding tert-OH is 1. The molecule has 2 aliphatic rings. The van der Waals surface area contributed by atoms with Crippen molar-refractivity contribution in [3.63, 3.8) is 0 Å². The topological polar surface area (TPSA) is 137 Å². The van der Waals surface area contributed by atoms with Gasteiger partial charge in [-0.1, -0.05) is 18.2 Å².